The van der Waals surface area contributed by atoms with Crippen LogP contribution in [0.3, 0.4) is 0 Å². The van der Waals surface area contributed by atoms with Gasteiger partial charge in [-0.2, -0.15) is 0 Å². The molecule has 0 bridgehead atoms. The molecule has 0 fully saturated rings. The van der Waals surface area contributed by atoms with Crippen molar-refractivity contribution < 1.29 is 13.2 Å². The van der Waals surface area contributed by atoms with Crippen LogP contribution in [0.25, 0.3) is 0 Å². The zero-order valence-corrected chi connectivity index (χ0v) is 10.9. The zero-order chi connectivity index (χ0) is 12.0. The molecule has 0 amide bonds. The minimum Gasteiger partial charge on any atom is -0.293 e. The summed E-state index contributed by atoms with van der Waals surface area (Å²) in [7, 11) is -2.94. The summed E-state index contributed by atoms with van der Waals surface area (Å²) in [5, 5.41) is 1.85. The van der Waals surface area contributed by atoms with E-state index in [1.807, 2.05) is 18.4 Å². The van der Waals surface area contributed by atoms with Crippen molar-refractivity contribution in [3.63, 3.8) is 0 Å². The monoisotopic (exact) mass is 260 g/mol. The maximum Gasteiger partial charge on any atom is 0.172 e. The van der Waals surface area contributed by atoms with E-state index in [1.54, 1.807) is 6.07 Å². The van der Waals surface area contributed by atoms with Crippen LogP contribution in [0.1, 0.15) is 35.9 Å². The van der Waals surface area contributed by atoms with Gasteiger partial charge in [0.1, 0.15) is 9.84 Å². The Bertz CT molecular complexity index is 418. The number of carbonyl (C=O) groups excluding carboxylic acids is 1. The molecular weight excluding hydrogens is 244 g/mol. The van der Waals surface area contributed by atoms with Crippen molar-refractivity contribution in [2.45, 2.75) is 26.2 Å². The van der Waals surface area contributed by atoms with Crippen molar-refractivity contribution >= 4 is 27.0 Å². The Balaban J connectivity index is 2.34. The first-order valence-electron chi connectivity index (χ1n) is 5.32. The third-order valence-corrected chi connectivity index (χ3v) is 5.02. The zero-order valence-electron chi connectivity index (χ0n) is 9.31. The Morgan fingerprint density at radius 3 is 2.69 bits per heavy atom. The van der Waals surface area contributed by atoms with Gasteiger partial charge in [-0.25, -0.2) is 8.42 Å². The second kappa shape index (κ2) is 6.15. The second-order valence-electron chi connectivity index (χ2n) is 3.66. The highest BCUT2D eigenvalue weighted by Crippen LogP contribution is 2.12. The summed E-state index contributed by atoms with van der Waals surface area (Å²) < 4.78 is 22.8. The Morgan fingerprint density at radius 1 is 1.38 bits per heavy atom. The van der Waals surface area contributed by atoms with Gasteiger partial charge in [0, 0.05) is 12.2 Å². The van der Waals surface area contributed by atoms with Gasteiger partial charge in [-0.1, -0.05) is 13.0 Å². The highest BCUT2D eigenvalue weighted by atomic mass is 32.2. The summed E-state index contributed by atoms with van der Waals surface area (Å²) in [6.07, 6.45) is 1.39. The third kappa shape index (κ3) is 4.45. The number of ketones is 1. The average Bonchev–Trinajstić information content (AvgIpc) is 2.69. The average molecular weight is 260 g/mol. The van der Waals surface area contributed by atoms with Crippen molar-refractivity contribution in [1.82, 2.24) is 0 Å². The van der Waals surface area contributed by atoms with Gasteiger partial charge < -0.3 is 0 Å². The SMILES string of the molecule is CCCS(=O)(=O)CCCC(=O)c1cccs1. The van der Waals surface area contributed by atoms with E-state index in [-0.39, 0.29) is 17.3 Å². The molecule has 3 nitrogen and oxygen atoms in total. The minimum atomic E-state index is -2.94. The summed E-state index contributed by atoms with van der Waals surface area (Å²) in [5.41, 5.74) is 0. The first-order valence-corrected chi connectivity index (χ1v) is 8.02. The van der Waals surface area contributed by atoms with E-state index in [1.165, 1.54) is 11.3 Å². The molecule has 0 spiro atoms. The van der Waals surface area contributed by atoms with Crippen molar-refractivity contribution in [1.29, 1.82) is 0 Å². The standard InChI is InChI=1S/C11H16O3S2/c1-2-8-16(13,14)9-4-5-10(12)11-6-3-7-15-11/h3,6-7H,2,4-5,8-9H2,1H3. The highest BCUT2D eigenvalue weighted by molar-refractivity contribution is 7.91. The first kappa shape index (κ1) is 13.4. The van der Waals surface area contributed by atoms with E-state index in [0.717, 1.165) is 0 Å². The van der Waals surface area contributed by atoms with Crippen molar-refractivity contribution in [3.05, 3.63) is 22.4 Å². The summed E-state index contributed by atoms with van der Waals surface area (Å²) in [6, 6.07) is 3.60. The van der Waals surface area contributed by atoms with Gasteiger partial charge in [-0.05, 0) is 24.3 Å². The summed E-state index contributed by atoms with van der Waals surface area (Å²) in [4.78, 5) is 12.3. The lowest BCUT2D eigenvalue weighted by Crippen LogP contribution is -2.11. The smallest absolute Gasteiger partial charge is 0.172 e. The highest BCUT2D eigenvalue weighted by Gasteiger charge is 2.12. The van der Waals surface area contributed by atoms with Gasteiger partial charge in [-0.15, -0.1) is 11.3 Å². The lowest BCUT2D eigenvalue weighted by molar-refractivity contribution is 0.0986. The van der Waals surface area contributed by atoms with Gasteiger partial charge in [0.05, 0.1) is 10.6 Å². The number of hydrogen-bond donors (Lipinski definition) is 0. The van der Waals surface area contributed by atoms with Gasteiger partial charge in [0.15, 0.2) is 5.78 Å². The number of Topliss-reactive ketones (excluding diaryl/α,β-unsaturated/α-hetero) is 1. The molecule has 5 heteroatoms. The molecule has 1 heterocycles. The van der Waals surface area contributed by atoms with Crippen LogP contribution in [-0.4, -0.2) is 25.7 Å². The molecule has 0 aliphatic heterocycles. The lowest BCUT2D eigenvalue weighted by Gasteiger charge is -2.01. The van der Waals surface area contributed by atoms with Crippen LogP contribution < -0.4 is 0 Å². The molecule has 0 radical (unpaired) electrons. The van der Waals surface area contributed by atoms with E-state index >= 15 is 0 Å². The fourth-order valence-corrected chi connectivity index (χ4v) is 3.53. The molecule has 0 unspecified atom stereocenters. The molecule has 16 heavy (non-hydrogen) atoms. The third-order valence-electron chi connectivity index (χ3n) is 2.17. The molecule has 0 aliphatic carbocycles. The summed E-state index contributed by atoms with van der Waals surface area (Å²) in [6.45, 7) is 1.84. The maximum absolute atomic E-state index is 11.6. The van der Waals surface area contributed by atoms with Gasteiger partial charge in [0.2, 0.25) is 0 Å². The molecule has 0 N–H and O–H groups in total. The molecule has 1 rings (SSSR count). The Kier molecular flexibility index (Phi) is 5.15. The number of carbonyl (C=O) groups is 1. The number of rotatable bonds is 7. The molecule has 90 valence electrons. The summed E-state index contributed by atoms with van der Waals surface area (Å²) in [5.74, 6) is 0.389. The first-order chi connectivity index (χ1) is 7.55. The van der Waals surface area contributed by atoms with E-state index in [4.69, 9.17) is 0 Å². The molecule has 0 atom stereocenters. The van der Waals surface area contributed by atoms with Crippen LogP contribution in [0.4, 0.5) is 0 Å². The number of hydrogen-bond acceptors (Lipinski definition) is 4. The van der Waals surface area contributed by atoms with Crippen LogP contribution in [0, 0.1) is 0 Å². The minimum absolute atomic E-state index is 0.0432. The molecule has 1 aromatic heterocycles. The van der Waals surface area contributed by atoms with Crippen LogP contribution in [0.2, 0.25) is 0 Å². The molecule has 1 aromatic rings. The molecule has 0 aromatic carbocycles. The van der Waals surface area contributed by atoms with Crippen LogP contribution in [-0.2, 0) is 9.84 Å². The Morgan fingerprint density at radius 2 is 2.12 bits per heavy atom. The normalized spacial score (nSPS) is 11.6. The second-order valence-corrected chi connectivity index (χ2v) is 6.91. The fraction of sp³-hybridized carbons (Fsp3) is 0.545. The maximum atomic E-state index is 11.6. The predicted octanol–water partition coefficient (Wildman–Crippen LogP) is 2.54. The molecule has 0 saturated heterocycles. The topological polar surface area (TPSA) is 51.2 Å². The number of thiophene rings is 1. The van der Waals surface area contributed by atoms with Crippen LogP contribution >= 0.6 is 11.3 Å². The molecular formula is C11H16O3S2. The van der Waals surface area contributed by atoms with Crippen LogP contribution in [0.15, 0.2) is 17.5 Å². The van der Waals surface area contributed by atoms with Crippen LogP contribution in [0.5, 0.6) is 0 Å². The van der Waals surface area contributed by atoms with E-state index in [2.05, 4.69) is 0 Å². The fourth-order valence-electron chi connectivity index (χ4n) is 1.43. The Hall–Kier alpha value is -0.680. The lowest BCUT2D eigenvalue weighted by atomic mass is 10.2. The van der Waals surface area contributed by atoms with Crippen molar-refractivity contribution in [3.8, 4) is 0 Å². The van der Waals surface area contributed by atoms with Crippen molar-refractivity contribution in [2.24, 2.45) is 0 Å². The van der Waals surface area contributed by atoms with E-state index < -0.39 is 9.84 Å². The van der Waals surface area contributed by atoms with Gasteiger partial charge in [0.25, 0.3) is 0 Å². The Labute approximate surface area is 100 Å². The summed E-state index contributed by atoms with van der Waals surface area (Å²) >= 11 is 1.40. The van der Waals surface area contributed by atoms with Crippen molar-refractivity contribution in [2.75, 3.05) is 11.5 Å². The van der Waals surface area contributed by atoms with Gasteiger partial charge in [-0.3, -0.25) is 4.79 Å². The van der Waals surface area contributed by atoms with Gasteiger partial charge >= 0.3 is 0 Å². The van der Waals surface area contributed by atoms with E-state index in [9.17, 15) is 13.2 Å². The predicted molar refractivity (Wildman–Crippen MR) is 66.8 cm³/mol. The quantitative estimate of drug-likeness (QED) is 0.708. The van der Waals surface area contributed by atoms with E-state index in [0.29, 0.717) is 24.1 Å². The number of sulfone groups is 1. The molecule has 0 saturated carbocycles. The molecule has 0 aliphatic rings. The largest absolute Gasteiger partial charge is 0.293 e.